The smallest absolute Gasteiger partial charge is 0.274 e. The van der Waals surface area contributed by atoms with Crippen molar-refractivity contribution in [2.45, 2.75) is 13.8 Å². The summed E-state index contributed by atoms with van der Waals surface area (Å²) in [6, 6.07) is 14.9. The van der Waals surface area contributed by atoms with Crippen LogP contribution in [0.5, 0.6) is 11.5 Å². The number of nitrogens with zero attached hydrogens (tertiary/aromatic N) is 1. The molecule has 0 saturated carbocycles. The number of carbonyl (C=O) groups is 1. The molecule has 136 valence electrons. The van der Waals surface area contributed by atoms with Gasteiger partial charge in [-0.2, -0.15) is 0 Å². The van der Waals surface area contributed by atoms with Crippen LogP contribution in [-0.2, 0) is 0 Å². The fourth-order valence-corrected chi connectivity index (χ4v) is 2.81. The molecule has 0 aliphatic carbocycles. The Balaban J connectivity index is 1.45. The molecule has 3 aromatic rings. The lowest BCUT2D eigenvalue weighted by Gasteiger charge is -2.11. The summed E-state index contributed by atoms with van der Waals surface area (Å²) in [4.78, 5) is 16.7. The van der Waals surface area contributed by atoms with Crippen molar-refractivity contribution >= 4 is 23.0 Å². The van der Waals surface area contributed by atoms with Crippen LogP contribution < -0.4 is 20.1 Å². The van der Waals surface area contributed by atoms with Crippen LogP contribution in [0.3, 0.4) is 0 Å². The third kappa shape index (κ3) is 3.55. The van der Waals surface area contributed by atoms with Crippen molar-refractivity contribution in [3.05, 3.63) is 71.5 Å². The maximum atomic E-state index is 12.4. The van der Waals surface area contributed by atoms with Crippen molar-refractivity contribution in [1.29, 1.82) is 0 Å². The molecule has 0 radical (unpaired) electrons. The van der Waals surface area contributed by atoms with Gasteiger partial charge < -0.3 is 20.1 Å². The number of amides is 1. The van der Waals surface area contributed by atoms with E-state index in [1.165, 1.54) is 11.1 Å². The summed E-state index contributed by atoms with van der Waals surface area (Å²) in [5.41, 5.74) is 5.20. The Morgan fingerprint density at radius 3 is 2.63 bits per heavy atom. The molecule has 1 aliphatic rings. The van der Waals surface area contributed by atoms with Crippen LogP contribution in [0.25, 0.3) is 0 Å². The molecule has 1 amide bonds. The number of nitrogens with one attached hydrogen (secondary N) is 2. The van der Waals surface area contributed by atoms with E-state index < -0.39 is 0 Å². The molecule has 1 aliphatic heterocycles. The monoisotopic (exact) mass is 361 g/mol. The SMILES string of the molecule is Cc1cccc(Nc2ccc(C(=O)Nc3ccc4c(c3)OCO4)nc2)c1C. The largest absolute Gasteiger partial charge is 0.454 e. The van der Waals surface area contributed by atoms with Crippen molar-refractivity contribution in [2.24, 2.45) is 0 Å². The van der Waals surface area contributed by atoms with E-state index in [1.807, 2.05) is 18.2 Å². The number of hydrogen-bond acceptors (Lipinski definition) is 5. The third-order valence-corrected chi connectivity index (χ3v) is 4.51. The molecule has 4 rings (SSSR count). The molecule has 1 aromatic heterocycles. The zero-order valence-corrected chi connectivity index (χ0v) is 15.1. The van der Waals surface area contributed by atoms with Crippen molar-refractivity contribution in [3.63, 3.8) is 0 Å². The highest BCUT2D eigenvalue weighted by molar-refractivity contribution is 6.03. The predicted molar refractivity (Wildman–Crippen MR) is 104 cm³/mol. The topological polar surface area (TPSA) is 72.5 Å². The minimum absolute atomic E-state index is 0.198. The summed E-state index contributed by atoms with van der Waals surface area (Å²) in [5.74, 6) is 1.01. The Hall–Kier alpha value is -3.54. The number of carbonyl (C=O) groups excluding carboxylic acids is 1. The Bertz CT molecular complexity index is 1000. The Morgan fingerprint density at radius 2 is 1.81 bits per heavy atom. The fourth-order valence-electron chi connectivity index (χ4n) is 2.81. The van der Waals surface area contributed by atoms with Gasteiger partial charge in [-0.05, 0) is 55.3 Å². The second kappa shape index (κ2) is 6.99. The summed E-state index contributed by atoms with van der Waals surface area (Å²) in [6.45, 7) is 4.34. The molecular formula is C21H19N3O3. The van der Waals surface area contributed by atoms with E-state index in [4.69, 9.17) is 9.47 Å². The van der Waals surface area contributed by atoms with E-state index in [0.29, 0.717) is 22.9 Å². The average molecular weight is 361 g/mol. The number of aryl methyl sites for hydroxylation is 1. The van der Waals surface area contributed by atoms with Crippen LogP contribution in [0.4, 0.5) is 17.1 Å². The lowest BCUT2D eigenvalue weighted by Crippen LogP contribution is -2.13. The van der Waals surface area contributed by atoms with Crippen molar-refractivity contribution < 1.29 is 14.3 Å². The second-order valence-corrected chi connectivity index (χ2v) is 6.33. The van der Waals surface area contributed by atoms with E-state index >= 15 is 0 Å². The van der Waals surface area contributed by atoms with Crippen LogP contribution in [0.2, 0.25) is 0 Å². The molecule has 0 spiro atoms. The molecule has 0 fully saturated rings. The highest BCUT2D eigenvalue weighted by Crippen LogP contribution is 2.34. The van der Waals surface area contributed by atoms with Crippen LogP contribution >= 0.6 is 0 Å². The zero-order chi connectivity index (χ0) is 18.8. The van der Waals surface area contributed by atoms with Gasteiger partial charge in [-0.1, -0.05) is 12.1 Å². The Labute approximate surface area is 157 Å². The van der Waals surface area contributed by atoms with Crippen molar-refractivity contribution in [3.8, 4) is 11.5 Å². The van der Waals surface area contributed by atoms with E-state index in [1.54, 1.807) is 30.5 Å². The maximum absolute atomic E-state index is 12.4. The number of hydrogen-bond donors (Lipinski definition) is 2. The van der Waals surface area contributed by atoms with Crippen LogP contribution in [0.15, 0.2) is 54.7 Å². The molecule has 2 heterocycles. The summed E-state index contributed by atoms with van der Waals surface area (Å²) in [7, 11) is 0. The van der Waals surface area contributed by atoms with Crippen molar-refractivity contribution in [2.75, 3.05) is 17.4 Å². The Morgan fingerprint density at radius 1 is 1.00 bits per heavy atom. The van der Waals surface area contributed by atoms with Crippen LogP contribution in [-0.4, -0.2) is 17.7 Å². The first kappa shape index (κ1) is 16.9. The van der Waals surface area contributed by atoms with Gasteiger partial charge in [0.2, 0.25) is 6.79 Å². The van der Waals surface area contributed by atoms with Gasteiger partial charge >= 0.3 is 0 Å². The third-order valence-electron chi connectivity index (χ3n) is 4.51. The molecule has 0 unspecified atom stereocenters. The summed E-state index contributed by atoms with van der Waals surface area (Å²) < 4.78 is 10.6. The van der Waals surface area contributed by atoms with Gasteiger partial charge in [0.05, 0.1) is 11.9 Å². The summed E-state index contributed by atoms with van der Waals surface area (Å²) in [5, 5.41) is 6.15. The molecule has 27 heavy (non-hydrogen) atoms. The number of rotatable bonds is 4. The van der Waals surface area contributed by atoms with E-state index in [-0.39, 0.29) is 12.7 Å². The molecule has 0 bridgehead atoms. The molecule has 2 N–H and O–H groups in total. The van der Waals surface area contributed by atoms with Crippen LogP contribution in [0.1, 0.15) is 21.6 Å². The first-order valence-corrected chi connectivity index (χ1v) is 8.60. The first-order chi connectivity index (χ1) is 13.1. The summed E-state index contributed by atoms with van der Waals surface area (Å²) >= 11 is 0. The number of benzene rings is 2. The average Bonchev–Trinajstić information content (AvgIpc) is 3.14. The highest BCUT2D eigenvalue weighted by Gasteiger charge is 2.15. The van der Waals surface area contributed by atoms with E-state index in [0.717, 1.165) is 11.4 Å². The minimum Gasteiger partial charge on any atom is -0.454 e. The zero-order valence-electron chi connectivity index (χ0n) is 15.1. The normalized spacial score (nSPS) is 11.9. The van der Waals surface area contributed by atoms with Gasteiger partial charge in [0.1, 0.15) is 5.69 Å². The maximum Gasteiger partial charge on any atom is 0.274 e. The minimum atomic E-state index is -0.285. The lowest BCUT2D eigenvalue weighted by atomic mass is 10.1. The first-order valence-electron chi connectivity index (χ1n) is 8.60. The quantitative estimate of drug-likeness (QED) is 0.719. The standard InChI is InChI=1S/C21H19N3O3/c1-13-4-3-5-17(14(13)2)23-16-6-8-18(22-11-16)21(25)24-15-7-9-19-20(10-15)27-12-26-19/h3-11,23H,12H2,1-2H3,(H,24,25). The van der Waals surface area contributed by atoms with Gasteiger partial charge in [0, 0.05) is 17.4 Å². The number of fused-ring (bicyclic) bond motifs is 1. The van der Waals surface area contributed by atoms with Gasteiger partial charge in [-0.25, -0.2) is 4.98 Å². The van der Waals surface area contributed by atoms with E-state index in [2.05, 4.69) is 35.5 Å². The lowest BCUT2D eigenvalue weighted by molar-refractivity contribution is 0.102. The highest BCUT2D eigenvalue weighted by atomic mass is 16.7. The number of ether oxygens (including phenoxy) is 2. The fraction of sp³-hybridized carbons (Fsp3) is 0.143. The number of pyridine rings is 1. The molecule has 2 aromatic carbocycles. The predicted octanol–water partition coefficient (Wildman–Crippen LogP) is 4.42. The van der Waals surface area contributed by atoms with Crippen molar-refractivity contribution in [1.82, 2.24) is 4.98 Å². The second-order valence-electron chi connectivity index (χ2n) is 6.33. The van der Waals surface area contributed by atoms with E-state index in [9.17, 15) is 4.79 Å². The van der Waals surface area contributed by atoms with Gasteiger partial charge in [-0.15, -0.1) is 0 Å². The summed E-state index contributed by atoms with van der Waals surface area (Å²) in [6.07, 6.45) is 1.65. The Kier molecular flexibility index (Phi) is 4.38. The van der Waals surface area contributed by atoms with Gasteiger partial charge in [0.25, 0.3) is 5.91 Å². The van der Waals surface area contributed by atoms with Gasteiger partial charge in [0.15, 0.2) is 11.5 Å². The molecule has 0 atom stereocenters. The number of aromatic nitrogens is 1. The molecule has 0 saturated heterocycles. The molecule has 6 nitrogen and oxygen atoms in total. The van der Waals surface area contributed by atoms with Gasteiger partial charge in [-0.3, -0.25) is 4.79 Å². The van der Waals surface area contributed by atoms with Crippen LogP contribution in [0, 0.1) is 13.8 Å². The molecular weight excluding hydrogens is 342 g/mol. The number of anilines is 3. The molecule has 6 heteroatoms.